The Balaban J connectivity index is 2.10. The van der Waals surface area contributed by atoms with Crippen LogP contribution in [0.5, 0.6) is 0 Å². The number of ether oxygens (including phenoxy) is 1. The monoisotopic (exact) mass is 285 g/mol. The van der Waals surface area contributed by atoms with Gasteiger partial charge in [0.2, 0.25) is 0 Å². The zero-order valence-corrected chi connectivity index (χ0v) is 10.4. The SMILES string of the molecule is COC(=O)c1ncn(Cc2ccc(C(F)(F)F)cc2)n1. The number of hydrogen-bond acceptors (Lipinski definition) is 4. The van der Waals surface area contributed by atoms with Crippen molar-refractivity contribution in [2.75, 3.05) is 7.11 Å². The molecule has 0 N–H and O–H groups in total. The van der Waals surface area contributed by atoms with Crippen LogP contribution in [0.3, 0.4) is 0 Å². The third-order valence-corrected chi connectivity index (χ3v) is 2.53. The topological polar surface area (TPSA) is 57.0 Å². The molecule has 0 radical (unpaired) electrons. The third-order valence-electron chi connectivity index (χ3n) is 2.53. The number of hydrogen-bond donors (Lipinski definition) is 0. The van der Waals surface area contributed by atoms with E-state index in [1.807, 2.05) is 0 Å². The molecular formula is C12H10F3N3O2. The highest BCUT2D eigenvalue weighted by molar-refractivity contribution is 5.84. The van der Waals surface area contributed by atoms with Gasteiger partial charge in [-0.05, 0) is 17.7 Å². The molecule has 2 rings (SSSR count). The molecule has 0 amide bonds. The summed E-state index contributed by atoms with van der Waals surface area (Å²) >= 11 is 0. The van der Waals surface area contributed by atoms with Crippen LogP contribution in [0.1, 0.15) is 21.7 Å². The molecule has 0 aliphatic carbocycles. The van der Waals surface area contributed by atoms with E-state index in [1.165, 1.54) is 30.3 Å². The zero-order valence-electron chi connectivity index (χ0n) is 10.4. The van der Waals surface area contributed by atoms with Crippen molar-refractivity contribution in [3.63, 3.8) is 0 Å². The Labute approximate surface area is 112 Å². The lowest BCUT2D eigenvalue weighted by atomic mass is 10.1. The van der Waals surface area contributed by atoms with Crippen molar-refractivity contribution < 1.29 is 22.7 Å². The van der Waals surface area contributed by atoms with E-state index in [9.17, 15) is 18.0 Å². The summed E-state index contributed by atoms with van der Waals surface area (Å²) in [6.45, 7) is 0.210. The quantitative estimate of drug-likeness (QED) is 0.811. The van der Waals surface area contributed by atoms with Crippen LogP contribution in [0, 0.1) is 0 Å². The predicted molar refractivity (Wildman–Crippen MR) is 61.9 cm³/mol. The van der Waals surface area contributed by atoms with E-state index >= 15 is 0 Å². The number of carbonyl (C=O) groups is 1. The van der Waals surface area contributed by atoms with Crippen molar-refractivity contribution >= 4 is 5.97 Å². The minimum atomic E-state index is -4.36. The summed E-state index contributed by atoms with van der Waals surface area (Å²) in [5, 5.41) is 3.86. The van der Waals surface area contributed by atoms with Gasteiger partial charge in [0.25, 0.3) is 5.82 Å². The Hall–Kier alpha value is -2.38. The molecule has 0 fully saturated rings. The number of aromatic nitrogens is 3. The first kappa shape index (κ1) is 14.0. The normalized spacial score (nSPS) is 11.4. The van der Waals surface area contributed by atoms with Gasteiger partial charge in [0.05, 0.1) is 19.2 Å². The summed E-state index contributed by atoms with van der Waals surface area (Å²) in [5.41, 5.74) is -0.102. The number of methoxy groups -OCH3 is 1. The highest BCUT2D eigenvalue weighted by Gasteiger charge is 2.29. The maximum absolute atomic E-state index is 12.4. The van der Waals surface area contributed by atoms with Gasteiger partial charge in [0, 0.05) is 0 Å². The number of nitrogens with zero attached hydrogens (tertiary/aromatic N) is 3. The fraction of sp³-hybridized carbons (Fsp3) is 0.250. The van der Waals surface area contributed by atoms with Gasteiger partial charge in [-0.25, -0.2) is 14.5 Å². The Morgan fingerprint density at radius 3 is 2.50 bits per heavy atom. The van der Waals surface area contributed by atoms with Crippen LogP contribution < -0.4 is 0 Å². The van der Waals surface area contributed by atoms with Crippen LogP contribution in [-0.2, 0) is 17.5 Å². The highest BCUT2D eigenvalue weighted by atomic mass is 19.4. The number of alkyl halides is 3. The van der Waals surface area contributed by atoms with Crippen molar-refractivity contribution in [3.05, 3.63) is 47.5 Å². The van der Waals surface area contributed by atoms with E-state index in [2.05, 4.69) is 14.8 Å². The standard InChI is InChI=1S/C12H10F3N3O2/c1-20-11(19)10-16-7-18(17-10)6-8-2-4-9(5-3-8)12(13,14)15/h2-5,7H,6H2,1H3. The van der Waals surface area contributed by atoms with Crippen molar-refractivity contribution in [3.8, 4) is 0 Å². The van der Waals surface area contributed by atoms with E-state index in [0.717, 1.165) is 12.1 Å². The molecule has 1 aromatic heterocycles. The molecule has 0 saturated carbocycles. The second kappa shape index (κ2) is 5.32. The van der Waals surface area contributed by atoms with Gasteiger partial charge < -0.3 is 4.74 Å². The smallest absolute Gasteiger partial charge is 0.416 e. The van der Waals surface area contributed by atoms with Crippen LogP contribution in [0.2, 0.25) is 0 Å². The molecule has 106 valence electrons. The molecule has 0 unspecified atom stereocenters. The molecule has 1 aromatic carbocycles. The largest absolute Gasteiger partial charge is 0.463 e. The lowest BCUT2D eigenvalue weighted by Crippen LogP contribution is -2.07. The fourth-order valence-corrected chi connectivity index (χ4v) is 1.54. The van der Waals surface area contributed by atoms with Crippen molar-refractivity contribution in [2.24, 2.45) is 0 Å². The van der Waals surface area contributed by atoms with E-state index in [0.29, 0.717) is 5.56 Å². The van der Waals surface area contributed by atoms with E-state index in [4.69, 9.17) is 0 Å². The first-order valence-corrected chi connectivity index (χ1v) is 5.54. The molecule has 20 heavy (non-hydrogen) atoms. The van der Waals surface area contributed by atoms with Gasteiger partial charge in [-0.1, -0.05) is 12.1 Å². The molecule has 0 atom stereocenters. The molecular weight excluding hydrogens is 275 g/mol. The lowest BCUT2D eigenvalue weighted by Gasteiger charge is -2.07. The summed E-state index contributed by atoms with van der Waals surface area (Å²) in [6, 6.07) is 4.69. The molecule has 0 aliphatic heterocycles. The second-order valence-corrected chi connectivity index (χ2v) is 3.95. The van der Waals surface area contributed by atoms with Crippen LogP contribution in [0.15, 0.2) is 30.6 Å². The Morgan fingerprint density at radius 1 is 1.30 bits per heavy atom. The van der Waals surface area contributed by atoms with Crippen molar-refractivity contribution in [1.82, 2.24) is 14.8 Å². The third kappa shape index (κ3) is 3.14. The molecule has 2 aromatic rings. The average Bonchev–Trinajstić information content (AvgIpc) is 2.86. The molecule has 0 bridgehead atoms. The molecule has 0 aliphatic rings. The number of halogens is 3. The Morgan fingerprint density at radius 2 is 1.95 bits per heavy atom. The number of carbonyl (C=O) groups excluding carboxylic acids is 1. The average molecular weight is 285 g/mol. The molecule has 0 saturated heterocycles. The zero-order chi connectivity index (χ0) is 14.8. The van der Waals surface area contributed by atoms with Crippen molar-refractivity contribution in [1.29, 1.82) is 0 Å². The fourth-order valence-electron chi connectivity index (χ4n) is 1.54. The summed E-state index contributed by atoms with van der Waals surface area (Å²) in [5.74, 6) is -0.768. The molecule has 0 spiro atoms. The summed E-state index contributed by atoms with van der Waals surface area (Å²) in [7, 11) is 1.21. The highest BCUT2D eigenvalue weighted by Crippen LogP contribution is 2.29. The first-order valence-electron chi connectivity index (χ1n) is 5.54. The van der Waals surface area contributed by atoms with Crippen molar-refractivity contribution in [2.45, 2.75) is 12.7 Å². The molecule has 5 nitrogen and oxygen atoms in total. The predicted octanol–water partition coefficient (Wildman–Crippen LogP) is 2.13. The van der Waals surface area contributed by atoms with Gasteiger partial charge in [0.15, 0.2) is 0 Å². The molecule has 1 heterocycles. The summed E-state index contributed by atoms with van der Waals surface area (Å²) in [6.07, 6.45) is -3.05. The number of benzene rings is 1. The second-order valence-electron chi connectivity index (χ2n) is 3.95. The van der Waals surface area contributed by atoms with Gasteiger partial charge in [-0.3, -0.25) is 0 Å². The first-order chi connectivity index (χ1) is 9.40. The Bertz CT molecular complexity index is 605. The van der Waals surface area contributed by atoms with Crippen LogP contribution in [0.25, 0.3) is 0 Å². The van der Waals surface area contributed by atoms with Gasteiger partial charge in [-0.15, -0.1) is 5.10 Å². The van der Waals surface area contributed by atoms with Crippen LogP contribution >= 0.6 is 0 Å². The Kier molecular flexibility index (Phi) is 3.73. The van der Waals surface area contributed by atoms with Crippen LogP contribution in [0.4, 0.5) is 13.2 Å². The van der Waals surface area contributed by atoms with E-state index < -0.39 is 17.7 Å². The van der Waals surface area contributed by atoms with E-state index in [-0.39, 0.29) is 12.4 Å². The van der Waals surface area contributed by atoms with Gasteiger partial charge >= 0.3 is 12.1 Å². The number of esters is 1. The minimum absolute atomic E-state index is 0.0978. The van der Waals surface area contributed by atoms with Gasteiger partial charge in [-0.2, -0.15) is 13.2 Å². The van der Waals surface area contributed by atoms with E-state index in [1.54, 1.807) is 0 Å². The van der Waals surface area contributed by atoms with Crippen LogP contribution in [-0.4, -0.2) is 27.8 Å². The molecule has 8 heteroatoms. The maximum atomic E-state index is 12.4. The number of rotatable bonds is 3. The minimum Gasteiger partial charge on any atom is -0.463 e. The summed E-state index contributed by atoms with van der Waals surface area (Å²) < 4.78 is 43.0. The summed E-state index contributed by atoms with van der Waals surface area (Å²) in [4.78, 5) is 14.9. The van der Waals surface area contributed by atoms with Gasteiger partial charge in [0.1, 0.15) is 6.33 Å². The maximum Gasteiger partial charge on any atom is 0.416 e. The lowest BCUT2D eigenvalue weighted by molar-refractivity contribution is -0.137.